The van der Waals surface area contributed by atoms with E-state index in [1.165, 1.54) is 12.4 Å². The molecule has 3 aromatic heterocycles. The number of hydrogen-bond acceptors (Lipinski definition) is 6. The summed E-state index contributed by atoms with van der Waals surface area (Å²) in [5.41, 5.74) is 4.66. The lowest BCUT2D eigenvalue weighted by atomic mass is 9.79. The summed E-state index contributed by atoms with van der Waals surface area (Å²) in [7, 11) is 0. The van der Waals surface area contributed by atoms with E-state index in [9.17, 15) is 9.50 Å². The van der Waals surface area contributed by atoms with Crippen LogP contribution < -0.4 is 5.32 Å². The fourth-order valence-corrected chi connectivity index (χ4v) is 5.64. The minimum Gasteiger partial charge on any atom is -0.507 e. The van der Waals surface area contributed by atoms with Crippen molar-refractivity contribution in [3.05, 3.63) is 54.2 Å². The second-order valence-electron chi connectivity index (χ2n) is 10.8. The SMILES string of the molecule is CCc1nc2c(cc1-c1ccc(-c3ccncc3F)cc1O)nnn2C1CC(C)(C)NC(C)(C)C1. The normalized spacial score (nSPS) is 17.7. The Balaban J connectivity index is 1.56. The third kappa shape index (κ3) is 4.38. The van der Waals surface area contributed by atoms with Crippen molar-refractivity contribution in [2.45, 2.75) is 71.0 Å². The minimum absolute atomic E-state index is 0.0277. The van der Waals surface area contributed by atoms with Crippen molar-refractivity contribution < 1.29 is 9.50 Å². The number of rotatable bonds is 4. The van der Waals surface area contributed by atoms with Crippen molar-refractivity contribution in [3.63, 3.8) is 0 Å². The molecule has 0 atom stereocenters. The van der Waals surface area contributed by atoms with E-state index in [0.29, 0.717) is 28.6 Å². The van der Waals surface area contributed by atoms with Crippen LogP contribution in [0.3, 0.4) is 0 Å². The number of nitrogens with zero attached hydrogens (tertiary/aromatic N) is 5. The molecule has 8 heteroatoms. The van der Waals surface area contributed by atoms with E-state index in [1.54, 1.807) is 24.3 Å². The molecule has 1 aliphatic rings. The molecular weight excluding hydrogens is 443 g/mol. The topological polar surface area (TPSA) is 88.8 Å². The molecule has 0 bridgehead atoms. The molecule has 1 fully saturated rings. The molecule has 0 radical (unpaired) electrons. The lowest BCUT2D eigenvalue weighted by Crippen LogP contribution is -2.58. The van der Waals surface area contributed by atoms with Gasteiger partial charge in [0.1, 0.15) is 17.1 Å². The molecule has 0 aliphatic carbocycles. The van der Waals surface area contributed by atoms with Crippen molar-refractivity contribution in [3.8, 4) is 28.0 Å². The summed E-state index contributed by atoms with van der Waals surface area (Å²) in [6, 6.07) is 8.90. The molecule has 4 heterocycles. The average Bonchev–Trinajstić information content (AvgIpc) is 3.19. The van der Waals surface area contributed by atoms with Gasteiger partial charge in [0.05, 0.1) is 17.9 Å². The quantitative estimate of drug-likeness (QED) is 0.409. The number of halogens is 1. The zero-order valence-electron chi connectivity index (χ0n) is 20.8. The maximum absolute atomic E-state index is 14.2. The number of phenols is 1. The molecule has 2 N–H and O–H groups in total. The van der Waals surface area contributed by atoms with Gasteiger partial charge in [-0.2, -0.15) is 0 Å². The Morgan fingerprint density at radius 3 is 2.46 bits per heavy atom. The predicted octanol–water partition coefficient (Wildman–Crippen LogP) is 5.44. The number of piperidine rings is 1. The highest BCUT2D eigenvalue weighted by Gasteiger charge is 2.39. The molecule has 1 saturated heterocycles. The third-order valence-electron chi connectivity index (χ3n) is 6.75. The van der Waals surface area contributed by atoms with E-state index in [1.807, 2.05) is 17.7 Å². The van der Waals surface area contributed by atoms with Crippen molar-refractivity contribution in [2.75, 3.05) is 0 Å². The standard InChI is InChI=1S/C27H31FN6O/c1-6-22-20(19-8-7-16(11-24(19)35)18-9-10-29-15-21(18)28)12-23-25(30-22)34(33-31-23)17-13-26(2,3)32-27(4,5)14-17/h7-12,15,17,32,35H,6,13-14H2,1-5H3. The van der Waals surface area contributed by atoms with Crippen LogP contribution in [-0.2, 0) is 6.42 Å². The van der Waals surface area contributed by atoms with E-state index in [-0.39, 0.29) is 22.9 Å². The van der Waals surface area contributed by atoms with Gasteiger partial charge in [0.15, 0.2) is 5.65 Å². The molecule has 4 aromatic rings. The Morgan fingerprint density at radius 2 is 1.80 bits per heavy atom. The van der Waals surface area contributed by atoms with Crippen LogP contribution in [0.15, 0.2) is 42.7 Å². The van der Waals surface area contributed by atoms with Crippen LogP contribution in [-0.4, -0.2) is 41.1 Å². The largest absolute Gasteiger partial charge is 0.507 e. The van der Waals surface area contributed by atoms with Gasteiger partial charge in [0, 0.05) is 34.0 Å². The molecule has 0 amide bonds. The summed E-state index contributed by atoms with van der Waals surface area (Å²) in [6.07, 6.45) is 5.23. The number of nitrogens with one attached hydrogen (secondary N) is 1. The van der Waals surface area contributed by atoms with Gasteiger partial charge >= 0.3 is 0 Å². The van der Waals surface area contributed by atoms with E-state index in [2.05, 4.69) is 48.3 Å². The van der Waals surface area contributed by atoms with Gasteiger partial charge in [-0.25, -0.2) is 14.1 Å². The van der Waals surface area contributed by atoms with E-state index in [4.69, 9.17) is 4.98 Å². The summed E-state index contributed by atoms with van der Waals surface area (Å²) in [5.74, 6) is -0.373. The Hall–Kier alpha value is -3.39. The highest BCUT2D eigenvalue weighted by molar-refractivity contribution is 5.83. The fourth-order valence-electron chi connectivity index (χ4n) is 5.64. The van der Waals surface area contributed by atoms with Gasteiger partial charge in [-0.1, -0.05) is 18.2 Å². The summed E-state index contributed by atoms with van der Waals surface area (Å²) < 4.78 is 16.2. The monoisotopic (exact) mass is 474 g/mol. The first-order valence-corrected chi connectivity index (χ1v) is 12.0. The first-order chi connectivity index (χ1) is 16.6. The highest BCUT2D eigenvalue weighted by atomic mass is 19.1. The third-order valence-corrected chi connectivity index (χ3v) is 6.75. The van der Waals surface area contributed by atoms with Crippen LogP contribution in [0.5, 0.6) is 5.75 Å². The number of hydrogen-bond donors (Lipinski definition) is 2. The number of fused-ring (bicyclic) bond motifs is 1. The van der Waals surface area contributed by atoms with E-state index < -0.39 is 5.82 Å². The number of aromatic hydroxyl groups is 1. The minimum atomic E-state index is -0.433. The molecule has 1 aliphatic heterocycles. The highest BCUT2D eigenvalue weighted by Crippen LogP contribution is 2.39. The van der Waals surface area contributed by atoms with Crippen LogP contribution in [0.2, 0.25) is 0 Å². The maximum atomic E-state index is 14.2. The van der Waals surface area contributed by atoms with Crippen LogP contribution in [0, 0.1) is 5.82 Å². The van der Waals surface area contributed by atoms with Gasteiger partial charge < -0.3 is 10.4 Å². The van der Waals surface area contributed by atoms with Gasteiger partial charge in [-0.3, -0.25) is 4.98 Å². The molecule has 0 spiro atoms. The second-order valence-corrected chi connectivity index (χ2v) is 10.8. The Labute approximate surface area is 204 Å². The van der Waals surface area contributed by atoms with Crippen LogP contribution in [0.4, 0.5) is 4.39 Å². The van der Waals surface area contributed by atoms with E-state index >= 15 is 0 Å². The summed E-state index contributed by atoms with van der Waals surface area (Å²) in [6.45, 7) is 10.9. The molecule has 182 valence electrons. The number of aryl methyl sites for hydroxylation is 1. The molecule has 1 aromatic carbocycles. The molecule has 35 heavy (non-hydrogen) atoms. The summed E-state index contributed by atoms with van der Waals surface area (Å²) >= 11 is 0. The van der Waals surface area contributed by atoms with E-state index in [0.717, 1.165) is 29.7 Å². The van der Waals surface area contributed by atoms with Crippen LogP contribution >= 0.6 is 0 Å². The second kappa shape index (κ2) is 8.37. The average molecular weight is 475 g/mol. The van der Waals surface area contributed by atoms with Gasteiger partial charge in [-0.15, -0.1) is 5.10 Å². The predicted molar refractivity (Wildman–Crippen MR) is 135 cm³/mol. The van der Waals surface area contributed by atoms with Gasteiger partial charge in [0.25, 0.3) is 0 Å². The van der Waals surface area contributed by atoms with Crippen molar-refractivity contribution >= 4 is 11.2 Å². The lowest BCUT2D eigenvalue weighted by molar-refractivity contribution is 0.127. The Kier molecular flexibility index (Phi) is 5.59. The van der Waals surface area contributed by atoms with Gasteiger partial charge in [-0.05, 0) is 76.8 Å². The zero-order valence-corrected chi connectivity index (χ0v) is 20.8. The number of phenolic OH excluding ortho intramolecular Hbond substituents is 1. The fraction of sp³-hybridized carbons (Fsp3) is 0.407. The summed E-state index contributed by atoms with van der Waals surface area (Å²) in [5, 5.41) is 23.6. The van der Waals surface area contributed by atoms with Crippen molar-refractivity contribution in [1.29, 1.82) is 0 Å². The first-order valence-electron chi connectivity index (χ1n) is 12.0. The number of aromatic nitrogens is 5. The van der Waals surface area contributed by atoms with Crippen molar-refractivity contribution in [1.82, 2.24) is 30.3 Å². The zero-order chi connectivity index (χ0) is 25.0. The first kappa shape index (κ1) is 23.4. The molecule has 7 nitrogen and oxygen atoms in total. The summed E-state index contributed by atoms with van der Waals surface area (Å²) in [4.78, 5) is 8.77. The van der Waals surface area contributed by atoms with Crippen LogP contribution in [0.25, 0.3) is 33.4 Å². The number of pyridine rings is 2. The Morgan fingerprint density at radius 1 is 1.06 bits per heavy atom. The molecule has 5 rings (SSSR count). The molecule has 0 saturated carbocycles. The molecule has 0 unspecified atom stereocenters. The maximum Gasteiger partial charge on any atom is 0.179 e. The van der Waals surface area contributed by atoms with Crippen molar-refractivity contribution in [2.24, 2.45) is 0 Å². The lowest BCUT2D eigenvalue weighted by Gasteiger charge is -2.46. The Bertz CT molecular complexity index is 1390. The van der Waals surface area contributed by atoms with Crippen LogP contribution in [0.1, 0.15) is 59.2 Å². The smallest absolute Gasteiger partial charge is 0.179 e. The molecular formula is C27H31FN6O. The number of benzene rings is 1. The van der Waals surface area contributed by atoms with Gasteiger partial charge in [0.2, 0.25) is 0 Å².